The predicted molar refractivity (Wildman–Crippen MR) is 66.9 cm³/mol. The van der Waals surface area contributed by atoms with E-state index in [0.29, 0.717) is 12.8 Å². The Hall–Kier alpha value is -0.920. The maximum Gasteiger partial charge on any atom is 0.151 e. The number of nitrogens with zero attached hydrogens (tertiary/aromatic N) is 2. The summed E-state index contributed by atoms with van der Waals surface area (Å²) in [5, 5.41) is -0.507. The molecule has 1 aromatic rings. The molecule has 1 aromatic heterocycles. The lowest BCUT2D eigenvalue weighted by atomic mass is 10.1. The van der Waals surface area contributed by atoms with Crippen molar-refractivity contribution in [3.8, 4) is 0 Å². The van der Waals surface area contributed by atoms with Crippen molar-refractivity contribution in [1.29, 1.82) is 0 Å². The summed E-state index contributed by atoms with van der Waals surface area (Å²) in [4.78, 5) is 4.19. The zero-order chi connectivity index (χ0) is 13.1. The van der Waals surface area contributed by atoms with Gasteiger partial charge in [-0.25, -0.2) is 13.4 Å². The van der Waals surface area contributed by atoms with E-state index in [4.69, 9.17) is 5.84 Å². The lowest BCUT2D eigenvalue weighted by molar-refractivity contribution is 0.464. The Balaban J connectivity index is 2.63. The van der Waals surface area contributed by atoms with Gasteiger partial charge in [0.05, 0.1) is 5.25 Å². The van der Waals surface area contributed by atoms with Gasteiger partial charge >= 0.3 is 0 Å². The molecule has 17 heavy (non-hydrogen) atoms. The quantitative estimate of drug-likeness (QED) is 0.537. The SMILES string of the molecule is CC(C(CCc1nccn1C)NN)S(C)(=O)=O. The van der Waals surface area contributed by atoms with Gasteiger partial charge in [-0.05, 0) is 13.3 Å². The topological polar surface area (TPSA) is 90.0 Å². The van der Waals surface area contributed by atoms with Crippen molar-refractivity contribution in [3.63, 3.8) is 0 Å². The van der Waals surface area contributed by atoms with Gasteiger partial charge in [-0.1, -0.05) is 0 Å². The number of nitrogens with two attached hydrogens (primary N) is 1. The van der Waals surface area contributed by atoms with Crippen molar-refractivity contribution in [2.24, 2.45) is 12.9 Å². The molecule has 0 spiro atoms. The Bertz CT molecular complexity index is 455. The predicted octanol–water partition coefficient (Wildman–Crippen LogP) is -0.382. The zero-order valence-electron chi connectivity index (χ0n) is 10.4. The van der Waals surface area contributed by atoms with E-state index in [-0.39, 0.29) is 6.04 Å². The minimum absolute atomic E-state index is 0.262. The first-order valence-corrected chi connectivity index (χ1v) is 7.43. The molecular weight excluding hydrogens is 240 g/mol. The van der Waals surface area contributed by atoms with Gasteiger partial charge in [-0.3, -0.25) is 11.3 Å². The number of aryl methyl sites for hydroxylation is 2. The molecule has 2 unspecified atom stereocenters. The Morgan fingerprint density at radius 3 is 2.65 bits per heavy atom. The molecule has 0 aliphatic rings. The van der Waals surface area contributed by atoms with Gasteiger partial charge in [0.2, 0.25) is 0 Å². The van der Waals surface area contributed by atoms with Crippen LogP contribution >= 0.6 is 0 Å². The molecule has 0 amide bonds. The fourth-order valence-electron chi connectivity index (χ4n) is 1.67. The number of hydrogen-bond donors (Lipinski definition) is 2. The molecule has 0 saturated carbocycles. The number of nitrogens with one attached hydrogen (secondary N) is 1. The number of rotatable bonds is 6. The third-order valence-electron chi connectivity index (χ3n) is 3.06. The Kier molecular flexibility index (Phi) is 4.67. The van der Waals surface area contributed by atoms with Crippen LogP contribution in [0.25, 0.3) is 0 Å². The highest BCUT2D eigenvalue weighted by molar-refractivity contribution is 7.91. The summed E-state index contributed by atoms with van der Waals surface area (Å²) in [7, 11) is -1.18. The van der Waals surface area contributed by atoms with Crippen molar-refractivity contribution >= 4 is 9.84 Å². The molecule has 0 saturated heterocycles. The summed E-state index contributed by atoms with van der Waals surface area (Å²) in [5.74, 6) is 6.33. The smallest absolute Gasteiger partial charge is 0.151 e. The van der Waals surface area contributed by atoms with Crippen LogP contribution in [0.2, 0.25) is 0 Å². The van der Waals surface area contributed by atoms with Crippen molar-refractivity contribution in [1.82, 2.24) is 15.0 Å². The third-order valence-corrected chi connectivity index (χ3v) is 4.74. The average Bonchev–Trinajstić information content (AvgIpc) is 2.63. The second-order valence-corrected chi connectivity index (χ2v) is 6.70. The highest BCUT2D eigenvalue weighted by Gasteiger charge is 2.25. The van der Waals surface area contributed by atoms with E-state index < -0.39 is 15.1 Å². The van der Waals surface area contributed by atoms with E-state index >= 15 is 0 Å². The maximum atomic E-state index is 11.4. The molecular formula is C10H20N4O2S. The molecule has 0 aliphatic carbocycles. The van der Waals surface area contributed by atoms with Crippen LogP contribution in [-0.4, -0.2) is 35.5 Å². The molecule has 7 heteroatoms. The number of imidazole rings is 1. The van der Waals surface area contributed by atoms with Gasteiger partial charge in [-0.2, -0.15) is 0 Å². The van der Waals surface area contributed by atoms with Crippen LogP contribution in [0.1, 0.15) is 19.2 Å². The standard InChI is InChI=1S/C10H20N4O2S/c1-8(17(3,15)16)9(13-11)4-5-10-12-6-7-14(10)2/h6-9,13H,4-5,11H2,1-3H3. The monoisotopic (exact) mass is 260 g/mol. The molecule has 98 valence electrons. The molecule has 0 radical (unpaired) electrons. The summed E-state index contributed by atoms with van der Waals surface area (Å²) in [6.07, 6.45) is 6.14. The van der Waals surface area contributed by atoms with E-state index in [1.54, 1.807) is 13.1 Å². The van der Waals surface area contributed by atoms with E-state index in [1.807, 2.05) is 17.8 Å². The number of aromatic nitrogens is 2. The largest absolute Gasteiger partial charge is 0.338 e. The molecule has 3 N–H and O–H groups in total. The molecule has 1 heterocycles. The number of hydrogen-bond acceptors (Lipinski definition) is 5. The van der Waals surface area contributed by atoms with Gasteiger partial charge in [0.1, 0.15) is 5.82 Å². The van der Waals surface area contributed by atoms with E-state index in [1.165, 1.54) is 6.26 Å². The van der Waals surface area contributed by atoms with Crippen molar-refractivity contribution < 1.29 is 8.42 Å². The molecule has 0 aromatic carbocycles. The van der Waals surface area contributed by atoms with Crippen LogP contribution in [0.3, 0.4) is 0 Å². The summed E-state index contributed by atoms with van der Waals surface area (Å²) >= 11 is 0. The van der Waals surface area contributed by atoms with Crippen molar-refractivity contribution in [2.45, 2.75) is 31.1 Å². The van der Waals surface area contributed by atoms with E-state index in [2.05, 4.69) is 10.4 Å². The first-order valence-electron chi connectivity index (χ1n) is 5.47. The van der Waals surface area contributed by atoms with Gasteiger partial charge < -0.3 is 4.57 Å². The summed E-state index contributed by atoms with van der Waals surface area (Å²) < 4.78 is 24.8. The second kappa shape index (κ2) is 5.61. The molecule has 0 bridgehead atoms. The van der Waals surface area contributed by atoms with Crippen LogP contribution in [-0.2, 0) is 23.3 Å². The van der Waals surface area contributed by atoms with Gasteiger partial charge in [0, 0.05) is 38.2 Å². The molecule has 6 nitrogen and oxygen atoms in total. The van der Waals surface area contributed by atoms with Crippen LogP contribution < -0.4 is 11.3 Å². The van der Waals surface area contributed by atoms with Crippen LogP contribution in [0.5, 0.6) is 0 Å². The normalized spacial score (nSPS) is 15.8. The van der Waals surface area contributed by atoms with E-state index in [0.717, 1.165) is 5.82 Å². The third kappa shape index (κ3) is 3.79. The minimum Gasteiger partial charge on any atom is -0.338 e. The summed E-state index contributed by atoms with van der Waals surface area (Å²) in [6.45, 7) is 1.66. The fourth-order valence-corrected chi connectivity index (χ4v) is 2.49. The van der Waals surface area contributed by atoms with Crippen molar-refractivity contribution in [2.75, 3.05) is 6.26 Å². The number of sulfone groups is 1. The zero-order valence-corrected chi connectivity index (χ0v) is 11.2. The Morgan fingerprint density at radius 2 is 2.24 bits per heavy atom. The van der Waals surface area contributed by atoms with Crippen molar-refractivity contribution in [3.05, 3.63) is 18.2 Å². The highest BCUT2D eigenvalue weighted by Crippen LogP contribution is 2.10. The fraction of sp³-hybridized carbons (Fsp3) is 0.700. The second-order valence-electron chi connectivity index (χ2n) is 4.30. The Morgan fingerprint density at radius 1 is 1.59 bits per heavy atom. The van der Waals surface area contributed by atoms with Crippen LogP contribution in [0.4, 0.5) is 0 Å². The number of hydrazine groups is 1. The first kappa shape index (κ1) is 14.1. The highest BCUT2D eigenvalue weighted by atomic mass is 32.2. The molecule has 2 atom stereocenters. The summed E-state index contributed by atoms with van der Waals surface area (Å²) in [6, 6.07) is -0.262. The summed E-state index contributed by atoms with van der Waals surface area (Å²) in [5.41, 5.74) is 2.57. The molecule has 0 aliphatic heterocycles. The van der Waals surface area contributed by atoms with Gasteiger partial charge in [-0.15, -0.1) is 0 Å². The first-order chi connectivity index (χ1) is 7.86. The van der Waals surface area contributed by atoms with Crippen LogP contribution in [0.15, 0.2) is 12.4 Å². The molecule has 1 rings (SSSR count). The minimum atomic E-state index is -3.08. The molecule has 0 fully saturated rings. The van der Waals surface area contributed by atoms with Gasteiger partial charge in [0.25, 0.3) is 0 Å². The van der Waals surface area contributed by atoms with Crippen LogP contribution in [0, 0.1) is 0 Å². The van der Waals surface area contributed by atoms with E-state index in [9.17, 15) is 8.42 Å². The lowest BCUT2D eigenvalue weighted by Gasteiger charge is -2.21. The van der Waals surface area contributed by atoms with Gasteiger partial charge in [0.15, 0.2) is 9.84 Å². The Labute approximate surface area is 102 Å². The average molecular weight is 260 g/mol. The lowest BCUT2D eigenvalue weighted by Crippen LogP contribution is -2.46. The maximum absolute atomic E-state index is 11.4.